The predicted octanol–water partition coefficient (Wildman–Crippen LogP) is 4.26. The van der Waals surface area contributed by atoms with E-state index in [9.17, 15) is 14.7 Å². The number of benzene rings is 2. The number of hydrogen-bond donors (Lipinski definition) is 2. The minimum absolute atomic E-state index is 0.184. The first-order chi connectivity index (χ1) is 13.8. The third-order valence-corrected chi connectivity index (χ3v) is 5.55. The molecule has 2 aromatic carbocycles. The van der Waals surface area contributed by atoms with E-state index in [0.29, 0.717) is 42.4 Å². The molecule has 0 aromatic heterocycles. The van der Waals surface area contributed by atoms with Crippen molar-refractivity contribution in [3.8, 4) is 11.5 Å². The number of piperazine rings is 1. The van der Waals surface area contributed by atoms with Gasteiger partial charge in [0.15, 0.2) is 11.5 Å². The molecule has 1 fully saturated rings. The lowest BCUT2D eigenvalue weighted by Crippen LogP contribution is -2.59. The molecule has 152 valence electrons. The monoisotopic (exact) mass is 395 g/mol. The number of rotatable bonds is 1. The Morgan fingerprint density at radius 2 is 1.90 bits per heavy atom. The lowest BCUT2D eigenvalue weighted by Gasteiger charge is -2.46. The molecule has 0 radical (unpaired) electrons. The lowest BCUT2D eigenvalue weighted by molar-refractivity contribution is 0.0748. The summed E-state index contributed by atoms with van der Waals surface area (Å²) in [6, 6.07) is 12.7. The largest absolute Gasteiger partial charge is 0.465 e. The van der Waals surface area contributed by atoms with Crippen LogP contribution in [0.5, 0.6) is 11.5 Å². The molecule has 2 aliphatic heterocycles. The van der Waals surface area contributed by atoms with Gasteiger partial charge in [0.05, 0.1) is 23.0 Å². The number of ether oxygens (including phenoxy) is 1. The minimum Gasteiger partial charge on any atom is -0.465 e. The standard InChI is InChI=1S/C22H25N3O4/c1-22(2,3)18-13-24(11-12-25(18)21(27)28)16-9-6-7-14-19(16)29-17-10-5-4-8-15(17)23-20(14)26/h4-10,18H,11-13H2,1-3H3,(H,23,26)(H,27,28). The Kier molecular flexibility index (Phi) is 4.61. The van der Waals surface area contributed by atoms with E-state index in [4.69, 9.17) is 4.74 Å². The van der Waals surface area contributed by atoms with Gasteiger partial charge in [0, 0.05) is 19.6 Å². The Morgan fingerprint density at radius 1 is 1.14 bits per heavy atom. The number of anilines is 2. The molecule has 2 N–H and O–H groups in total. The van der Waals surface area contributed by atoms with E-state index in [1.165, 1.54) is 4.90 Å². The summed E-state index contributed by atoms with van der Waals surface area (Å²) in [5.74, 6) is 0.873. The summed E-state index contributed by atoms with van der Waals surface area (Å²) in [7, 11) is 0. The van der Waals surface area contributed by atoms with Gasteiger partial charge in [0.25, 0.3) is 5.91 Å². The second kappa shape index (κ2) is 6.99. The molecule has 4 rings (SSSR count). The molecule has 1 atom stereocenters. The number of hydrogen-bond acceptors (Lipinski definition) is 4. The summed E-state index contributed by atoms with van der Waals surface area (Å²) < 4.78 is 6.20. The number of para-hydroxylation sites is 3. The van der Waals surface area contributed by atoms with Crippen molar-refractivity contribution in [2.24, 2.45) is 5.41 Å². The van der Waals surface area contributed by atoms with Crippen LogP contribution in [0.1, 0.15) is 31.1 Å². The van der Waals surface area contributed by atoms with Gasteiger partial charge in [-0.25, -0.2) is 4.79 Å². The maximum atomic E-state index is 12.8. The normalized spacial score (nSPS) is 18.9. The average Bonchev–Trinajstić information content (AvgIpc) is 2.82. The number of carbonyl (C=O) groups is 2. The van der Waals surface area contributed by atoms with Crippen LogP contribution in [0.3, 0.4) is 0 Å². The molecule has 1 unspecified atom stereocenters. The highest BCUT2D eigenvalue weighted by atomic mass is 16.5. The number of carboxylic acid groups (broad SMARTS) is 1. The number of carbonyl (C=O) groups excluding carboxylic acids is 1. The van der Waals surface area contributed by atoms with E-state index >= 15 is 0 Å². The van der Waals surface area contributed by atoms with Crippen molar-refractivity contribution in [2.45, 2.75) is 26.8 Å². The van der Waals surface area contributed by atoms with Crippen molar-refractivity contribution in [3.63, 3.8) is 0 Å². The molecule has 0 aliphatic carbocycles. The van der Waals surface area contributed by atoms with Crippen LogP contribution in [0.25, 0.3) is 0 Å². The van der Waals surface area contributed by atoms with Crippen LogP contribution in [0.4, 0.5) is 16.2 Å². The molecule has 2 aromatic rings. The van der Waals surface area contributed by atoms with Crippen LogP contribution in [-0.2, 0) is 0 Å². The fraction of sp³-hybridized carbons (Fsp3) is 0.364. The highest BCUT2D eigenvalue weighted by Crippen LogP contribution is 2.42. The molecule has 7 heteroatoms. The Labute approximate surface area is 169 Å². The number of nitrogens with zero attached hydrogens (tertiary/aromatic N) is 2. The zero-order valence-electron chi connectivity index (χ0n) is 16.8. The van der Waals surface area contributed by atoms with Crippen LogP contribution in [-0.4, -0.2) is 47.7 Å². The molecule has 2 heterocycles. The summed E-state index contributed by atoms with van der Waals surface area (Å²) >= 11 is 0. The fourth-order valence-electron chi connectivity index (χ4n) is 3.99. The van der Waals surface area contributed by atoms with Crippen LogP contribution in [0.2, 0.25) is 0 Å². The zero-order valence-corrected chi connectivity index (χ0v) is 16.8. The number of amides is 2. The molecule has 29 heavy (non-hydrogen) atoms. The zero-order chi connectivity index (χ0) is 20.8. The molecular weight excluding hydrogens is 370 g/mol. The molecule has 2 amide bonds. The summed E-state index contributed by atoms with van der Waals surface area (Å²) in [4.78, 5) is 28.2. The Balaban J connectivity index is 1.74. The Bertz CT molecular complexity index is 967. The first-order valence-electron chi connectivity index (χ1n) is 9.71. The quantitative estimate of drug-likeness (QED) is 0.754. The van der Waals surface area contributed by atoms with Crippen LogP contribution >= 0.6 is 0 Å². The molecule has 7 nitrogen and oxygen atoms in total. The maximum Gasteiger partial charge on any atom is 0.407 e. The van der Waals surface area contributed by atoms with Crippen molar-refractivity contribution in [3.05, 3.63) is 48.0 Å². The lowest BCUT2D eigenvalue weighted by atomic mass is 9.84. The van der Waals surface area contributed by atoms with Crippen molar-refractivity contribution in [1.29, 1.82) is 0 Å². The summed E-state index contributed by atoms with van der Waals surface area (Å²) in [6.07, 6.45) is -0.902. The maximum absolute atomic E-state index is 12.8. The van der Waals surface area contributed by atoms with Crippen LogP contribution in [0.15, 0.2) is 42.5 Å². The van der Waals surface area contributed by atoms with Crippen molar-refractivity contribution in [2.75, 3.05) is 29.9 Å². The molecule has 0 bridgehead atoms. The SMILES string of the molecule is CC(C)(C)C1CN(c2cccc3c2Oc2ccccc2NC3=O)CCN1C(=O)O. The Morgan fingerprint density at radius 3 is 2.62 bits per heavy atom. The van der Waals surface area contributed by atoms with E-state index in [-0.39, 0.29) is 17.4 Å². The van der Waals surface area contributed by atoms with Gasteiger partial charge in [-0.1, -0.05) is 39.0 Å². The molecule has 2 aliphatic rings. The van der Waals surface area contributed by atoms with Gasteiger partial charge in [-0.3, -0.25) is 4.79 Å². The van der Waals surface area contributed by atoms with Gasteiger partial charge < -0.3 is 25.0 Å². The Hall–Kier alpha value is -3.22. The van der Waals surface area contributed by atoms with Gasteiger partial charge in [0.1, 0.15) is 0 Å². The third kappa shape index (κ3) is 3.48. The first-order valence-corrected chi connectivity index (χ1v) is 9.71. The topological polar surface area (TPSA) is 82.1 Å². The van der Waals surface area contributed by atoms with Crippen molar-refractivity contribution in [1.82, 2.24) is 4.90 Å². The van der Waals surface area contributed by atoms with Crippen LogP contribution < -0.4 is 15.0 Å². The van der Waals surface area contributed by atoms with E-state index in [1.807, 2.05) is 51.1 Å². The molecule has 0 saturated carbocycles. The summed E-state index contributed by atoms with van der Waals surface area (Å²) in [5.41, 5.74) is 1.66. The van der Waals surface area contributed by atoms with E-state index in [2.05, 4.69) is 10.2 Å². The number of fused-ring (bicyclic) bond motifs is 2. The smallest absolute Gasteiger partial charge is 0.407 e. The van der Waals surface area contributed by atoms with Gasteiger partial charge in [-0.05, 0) is 29.7 Å². The van der Waals surface area contributed by atoms with Crippen molar-refractivity contribution < 1.29 is 19.4 Å². The summed E-state index contributed by atoms with van der Waals surface area (Å²) in [5, 5.41) is 12.5. The van der Waals surface area contributed by atoms with Crippen molar-refractivity contribution >= 4 is 23.4 Å². The highest BCUT2D eigenvalue weighted by Gasteiger charge is 2.39. The predicted molar refractivity (Wildman–Crippen MR) is 111 cm³/mol. The van der Waals surface area contributed by atoms with E-state index in [0.717, 1.165) is 5.69 Å². The molecule has 1 saturated heterocycles. The average molecular weight is 395 g/mol. The van der Waals surface area contributed by atoms with Gasteiger partial charge >= 0.3 is 6.09 Å². The summed E-state index contributed by atoms with van der Waals surface area (Å²) in [6.45, 7) is 7.58. The fourth-order valence-corrected chi connectivity index (χ4v) is 3.99. The van der Waals surface area contributed by atoms with E-state index < -0.39 is 6.09 Å². The van der Waals surface area contributed by atoms with Gasteiger partial charge in [-0.15, -0.1) is 0 Å². The van der Waals surface area contributed by atoms with E-state index in [1.54, 1.807) is 12.1 Å². The second-order valence-electron chi connectivity index (χ2n) is 8.51. The highest BCUT2D eigenvalue weighted by molar-refractivity contribution is 6.09. The molecule has 0 spiro atoms. The third-order valence-electron chi connectivity index (χ3n) is 5.55. The first kappa shape index (κ1) is 19.1. The second-order valence-corrected chi connectivity index (χ2v) is 8.51. The van der Waals surface area contributed by atoms with Crippen LogP contribution in [0, 0.1) is 5.41 Å². The molecular formula is C22H25N3O4. The number of nitrogens with one attached hydrogen (secondary N) is 1. The minimum atomic E-state index is -0.902. The van der Waals surface area contributed by atoms with Gasteiger partial charge in [0.2, 0.25) is 0 Å². The van der Waals surface area contributed by atoms with Gasteiger partial charge in [-0.2, -0.15) is 0 Å².